The molecule has 16 heavy (non-hydrogen) atoms. The number of hydrogen-bond acceptors (Lipinski definition) is 1. The van der Waals surface area contributed by atoms with Crippen LogP contribution in [-0.2, 0) is 0 Å². The fraction of sp³-hybridized carbons (Fsp3) is 0.333. The van der Waals surface area contributed by atoms with Gasteiger partial charge < -0.3 is 0 Å². The molecule has 0 nitrogen and oxygen atoms in total. The highest BCUT2D eigenvalue weighted by molar-refractivity contribution is 7.98. The summed E-state index contributed by atoms with van der Waals surface area (Å²) in [5.74, 6) is 0. The number of halogens is 3. The first-order valence-electron chi connectivity index (χ1n) is 4.79. The predicted molar refractivity (Wildman–Crippen MR) is 62.5 cm³/mol. The van der Waals surface area contributed by atoms with Crippen molar-refractivity contribution in [3.63, 3.8) is 0 Å². The minimum Gasteiger partial charge on any atom is -0.171 e. The summed E-state index contributed by atoms with van der Waals surface area (Å²) in [6.07, 6.45) is -1.45. The standard InChI is InChI=1S/C12H13F3S/c1-9(8-12(13,14)15)7-10-3-5-11(16-2)6-4-10/h3-7H,8H2,1-2H3/b9-7+. The maximum atomic E-state index is 12.1. The van der Waals surface area contributed by atoms with Crippen molar-refractivity contribution in [2.75, 3.05) is 6.26 Å². The molecule has 0 aliphatic carbocycles. The van der Waals surface area contributed by atoms with Crippen LogP contribution in [0.15, 0.2) is 34.7 Å². The van der Waals surface area contributed by atoms with E-state index in [4.69, 9.17) is 0 Å². The third-order valence-electron chi connectivity index (χ3n) is 2.01. The fourth-order valence-electron chi connectivity index (χ4n) is 1.35. The molecule has 4 heteroatoms. The van der Waals surface area contributed by atoms with Crippen LogP contribution in [0.3, 0.4) is 0 Å². The van der Waals surface area contributed by atoms with Crippen molar-refractivity contribution in [1.82, 2.24) is 0 Å². The van der Waals surface area contributed by atoms with E-state index >= 15 is 0 Å². The zero-order valence-corrected chi connectivity index (χ0v) is 9.95. The average molecular weight is 246 g/mol. The minimum atomic E-state index is -4.13. The van der Waals surface area contributed by atoms with Crippen molar-refractivity contribution in [1.29, 1.82) is 0 Å². The Morgan fingerprint density at radius 2 is 1.81 bits per heavy atom. The highest BCUT2D eigenvalue weighted by atomic mass is 32.2. The van der Waals surface area contributed by atoms with Crippen molar-refractivity contribution in [3.8, 4) is 0 Å². The third-order valence-corrected chi connectivity index (χ3v) is 2.75. The lowest BCUT2D eigenvalue weighted by atomic mass is 10.1. The second-order valence-electron chi connectivity index (χ2n) is 3.56. The summed E-state index contributed by atoms with van der Waals surface area (Å²) in [5.41, 5.74) is 1.13. The van der Waals surface area contributed by atoms with Gasteiger partial charge in [-0.1, -0.05) is 23.8 Å². The molecule has 0 radical (unpaired) electrons. The van der Waals surface area contributed by atoms with Gasteiger partial charge in [0, 0.05) is 4.90 Å². The summed E-state index contributed by atoms with van der Waals surface area (Å²) < 4.78 is 36.2. The second-order valence-corrected chi connectivity index (χ2v) is 4.44. The van der Waals surface area contributed by atoms with Gasteiger partial charge in [-0.15, -0.1) is 11.8 Å². The fourth-order valence-corrected chi connectivity index (χ4v) is 1.76. The van der Waals surface area contributed by atoms with Crippen LogP contribution in [0, 0.1) is 0 Å². The van der Waals surface area contributed by atoms with Gasteiger partial charge in [-0.2, -0.15) is 13.2 Å². The lowest BCUT2D eigenvalue weighted by Gasteiger charge is -2.06. The Hall–Kier alpha value is -0.900. The number of rotatable bonds is 3. The first kappa shape index (κ1) is 13.2. The summed E-state index contributed by atoms with van der Waals surface area (Å²) in [4.78, 5) is 1.10. The summed E-state index contributed by atoms with van der Waals surface area (Å²) in [6.45, 7) is 1.50. The molecule has 0 atom stereocenters. The number of alkyl halides is 3. The van der Waals surface area contributed by atoms with Crippen molar-refractivity contribution >= 4 is 17.8 Å². The molecule has 0 fully saturated rings. The van der Waals surface area contributed by atoms with Gasteiger partial charge in [0.15, 0.2) is 0 Å². The normalized spacial score (nSPS) is 12.9. The Morgan fingerprint density at radius 1 is 1.25 bits per heavy atom. The molecule has 0 unspecified atom stereocenters. The molecule has 0 heterocycles. The van der Waals surface area contributed by atoms with Crippen LogP contribution in [0.1, 0.15) is 18.9 Å². The van der Waals surface area contributed by atoms with E-state index in [1.807, 2.05) is 30.5 Å². The molecule has 1 aromatic carbocycles. The van der Waals surface area contributed by atoms with Gasteiger partial charge in [-0.25, -0.2) is 0 Å². The number of benzene rings is 1. The van der Waals surface area contributed by atoms with Crippen LogP contribution in [0.2, 0.25) is 0 Å². The molecule has 0 saturated carbocycles. The van der Waals surface area contributed by atoms with Gasteiger partial charge in [0.05, 0.1) is 6.42 Å². The summed E-state index contributed by atoms with van der Waals surface area (Å²) in [6, 6.07) is 7.45. The summed E-state index contributed by atoms with van der Waals surface area (Å²) >= 11 is 1.61. The maximum Gasteiger partial charge on any atom is 0.392 e. The molecule has 0 aromatic heterocycles. The Labute approximate surface area is 97.6 Å². The molecule has 0 saturated heterocycles. The Kier molecular flexibility index (Phi) is 4.47. The molecular formula is C12H13F3S. The number of thioether (sulfide) groups is 1. The Morgan fingerprint density at radius 3 is 2.25 bits per heavy atom. The molecule has 0 amide bonds. The van der Waals surface area contributed by atoms with Gasteiger partial charge in [0.2, 0.25) is 0 Å². The molecular weight excluding hydrogens is 233 g/mol. The lowest BCUT2D eigenvalue weighted by Crippen LogP contribution is -2.06. The van der Waals surface area contributed by atoms with Crippen LogP contribution in [-0.4, -0.2) is 12.4 Å². The van der Waals surface area contributed by atoms with Crippen LogP contribution >= 0.6 is 11.8 Å². The van der Waals surface area contributed by atoms with Crippen molar-refractivity contribution in [2.45, 2.75) is 24.4 Å². The van der Waals surface area contributed by atoms with E-state index in [0.29, 0.717) is 5.57 Å². The number of hydrogen-bond donors (Lipinski definition) is 0. The first-order valence-corrected chi connectivity index (χ1v) is 6.01. The van der Waals surface area contributed by atoms with Crippen molar-refractivity contribution in [2.24, 2.45) is 0 Å². The molecule has 88 valence electrons. The SMILES string of the molecule is CSc1ccc(/C=C(\C)CC(F)(F)F)cc1. The van der Waals surface area contributed by atoms with Crippen molar-refractivity contribution < 1.29 is 13.2 Å². The predicted octanol–water partition coefficient (Wildman–Crippen LogP) is 4.76. The van der Waals surface area contributed by atoms with Crippen LogP contribution in [0.25, 0.3) is 6.08 Å². The van der Waals surface area contributed by atoms with E-state index in [1.165, 1.54) is 6.92 Å². The molecule has 1 aromatic rings. The maximum absolute atomic E-state index is 12.1. The minimum absolute atomic E-state index is 0.324. The largest absolute Gasteiger partial charge is 0.392 e. The lowest BCUT2D eigenvalue weighted by molar-refractivity contribution is -0.126. The second kappa shape index (κ2) is 5.43. The van der Waals surface area contributed by atoms with Gasteiger partial charge in [-0.05, 0) is 30.9 Å². The van der Waals surface area contributed by atoms with Gasteiger partial charge >= 0.3 is 6.18 Å². The van der Waals surface area contributed by atoms with Crippen LogP contribution in [0.4, 0.5) is 13.2 Å². The van der Waals surface area contributed by atoms with E-state index in [-0.39, 0.29) is 0 Å². The highest BCUT2D eigenvalue weighted by Gasteiger charge is 2.27. The zero-order valence-electron chi connectivity index (χ0n) is 9.14. The summed E-state index contributed by atoms with van der Waals surface area (Å²) in [7, 11) is 0. The van der Waals surface area contributed by atoms with E-state index in [9.17, 15) is 13.2 Å². The van der Waals surface area contributed by atoms with Crippen LogP contribution < -0.4 is 0 Å². The molecule has 0 aliphatic heterocycles. The van der Waals surface area contributed by atoms with Crippen LogP contribution in [0.5, 0.6) is 0 Å². The van der Waals surface area contributed by atoms with E-state index in [1.54, 1.807) is 17.8 Å². The monoisotopic (exact) mass is 246 g/mol. The van der Waals surface area contributed by atoms with E-state index in [2.05, 4.69) is 0 Å². The highest BCUT2D eigenvalue weighted by Crippen LogP contribution is 2.25. The third kappa shape index (κ3) is 4.75. The smallest absolute Gasteiger partial charge is 0.171 e. The van der Waals surface area contributed by atoms with E-state index < -0.39 is 12.6 Å². The first-order chi connectivity index (χ1) is 7.40. The molecule has 0 bridgehead atoms. The Bertz CT molecular complexity index is 363. The molecule has 0 aliphatic rings. The Balaban J connectivity index is 2.74. The number of allylic oxidation sites excluding steroid dienone is 1. The van der Waals surface area contributed by atoms with E-state index in [0.717, 1.165) is 10.5 Å². The quantitative estimate of drug-likeness (QED) is 0.693. The van der Waals surface area contributed by atoms with Crippen molar-refractivity contribution in [3.05, 3.63) is 35.4 Å². The molecule has 1 rings (SSSR count). The molecule has 0 spiro atoms. The topological polar surface area (TPSA) is 0 Å². The van der Waals surface area contributed by atoms with Gasteiger partial charge in [-0.3, -0.25) is 0 Å². The molecule has 0 N–H and O–H groups in total. The zero-order chi connectivity index (χ0) is 12.2. The van der Waals surface area contributed by atoms with Gasteiger partial charge in [0.25, 0.3) is 0 Å². The van der Waals surface area contributed by atoms with Gasteiger partial charge in [0.1, 0.15) is 0 Å². The summed E-state index contributed by atoms with van der Waals surface area (Å²) in [5, 5.41) is 0. The average Bonchev–Trinajstić information content (AvgIpc) is 2.16.